The van der Waals surface area contributed by atoms with Crippen LogP contribution in [0.25, 0.3) is 0 Å². The van der Waals surface area contributed by atoms with Crippen molar-refractivity contribution in [1.82, 2.24) is 0 Å². The standard InChI is InChI=1S/C10H18/c1-3-4-10-7-5-9(2)6-8-10/h3-4,9-10H,5-8H2,1-2H3. The third-order valence-electron chi connectivity index (χ3n) is 2.53. The molecule has 0 radical (unpaired) electrons. The van der Waals surface area contributed by atoms with E-state index in [-0.39, 0.29) is 0 Å². The Kier molecular flexibility index (Phi) is 2.98. The highest BCUT2D eigenvalue weighted by molar-refractivity contribution is 4.87. The second kappa shape index (κ2) is 3.80. The van der Waals surface area contributed by atoms with E-state index in [1.165, 1.54) is 25.7 Å². The fraction of sp³-hybridized carbons (Fsp3) is 0.800. The molecule has 0 amide bonds. The van der Waals surface area contributed by atoms with Gasteiger partial charge >= 0.3 is 0 Å². The Balaban J connectivity index is 2.26. The second-order valence-corrected chi connectivity index (χ2v) is 3.55. The lowest BCUT2D eigenvalue weighted by molar-refractivity contribution is 0.330. The van der Waals surface area contributed by atoms with Crippen molar-refractivity contribution >= 4 is 0 Å². The first kappa shape index (κ1) is 7.84. The highest BCUT2D eigenvalue weighted by atomic mass is 14.2. The summed E-state index contributed by atoms with van der Waals surface area (Å²) in [5.41, 5.74) is 0. The molecule has 0 nitrogen and oxygen atoms in total. The van der Waals surface area contributed by atoms with Gasteiger partial charge in [-0.2, -0.15) is 0 Å². The molecule has 1 fully saturated rings. The molecule has 0 bridgehead atoms. The summed E-state index contributed by atoms with van der Waals surface area (Å²) in [5, 5.41) is 0. The van der Waals surface area contributed by atoms with Crippen molar-refractivity contribution in [3.63, 3.8) is 0 Å². The molecule has 1 saturated carbocycles. The topological polar surface area (TPSA) is 0 Å². The van der Waals surface area contributed by atoms with Crippen LogP contribution in [-0.4, -0.2) is 0 Å². The maximum atomic E-state index is 2.37. The van der Waals surface area contributed by atoms with Crippen LogP contribution in [0.15, 0.2) is 12.2 Å². The first-order valence-electron chi connectivity index (χ1n) is 4.45. The van der Waals surface area contributed by atoms with Crippen molar-refractivity contribution in [1.29, 1.82) is 0 Å². The van der Waals surface area contributed by atoms with Gasteiger partial charge in [-0.3, -0.25) is 0 Å². The zero-order valence-corrected chi connectivity index (χ0v) is 7.14. The molecule has 1 aliphatic rings. The molecule has 0 spiro atoms. The van der Waals surface area contributed by atoms with Crippen LogP contribution in [0.4, 0.5) is 0 Å². The smallest absolute Gasteiger partial charge is 0.0233 e. The molecule has 0 unspecified atom stereocenters. The summed E-state index contributed by atoms with van der Waals surface area (Å²) in [5.74, 6) is 1.89. The number of hydrogen-bond donors (Lipinski definition) is 0. The second-order valence-electron chi connectivity index (χ2n) is 3.55. The van der Waals surface area contributed by atoms with Gasteiger partial charge in [-0.15, -0.1) is 0 Å². The molecule has 10 heavy (non-hydrogen) atoms. The number of hydrogen-bond acceptors (Lipinski definition) is 0. The number of allylic oxidation sites excluding steroid dienone is 2. The monoisotopic (exact) mass is 138 g/mol. The lowest BCUT2D eigenvalue weighted by atomic mass is 9.83. The van der Waals surface area contributed by atoms with E-state index in [0.717, 1.165) is 11.8 Å². The van der Waals surface area contributed by atoms with Crippen LogP contribution in [0.5, 0.6) is 0 Å². The summed E-state index contributed by atoms with van der Waals surface area (Å²) in [7, 11) is 0. The molecule has 0 aliphatic heterocycles. The van der Waals surface area contributed by atoms with Crippen molar-refractivity contribution in [3.8, 4) is 0 Å². The first-order valence-corrected chi connectivity index (χ1v) is 4.45. The summed E-state index contributed by atoms with van der Waals surface area (Å²) in [4.78, 5) is 0. The van der Waals surface area contributed by atoms with Gasteiger partial charge in [0, 0.05) is 0 Å². The van der Waals surface area contributed by atoms with Gasteiger partial charge < -0.3 is 0 Å². The fourth-order valence-electron chi connectivity index (χ4n) is 1.75. The van der Waals surface area contributed by atoms with E-state index in [9.17, 15) is 0 Å². The van der Waals surface area contributed by atoms with E-state index < -0.39 is 0 Å². The molecule has 0 aromatic heterocycles. The van der Waals surface area contributed by atoms with Gasteiger partial charge in [0.15, 0.2) is 0 Å². The third-order valence-corrected chi connectivity index (χ3v) is 2.53. The minimum atomic E-state index is 0.904. The van der Waals surface area contributed by atoms with E-state index >= 15 is 0 Å². The van der Waals surface area contributed by atoms with Crippen LogP contribution in [-0.2, 0) is 0 Å². The molecule has 0 atom stereocenters. The SMILES string of the molecule is CC=CC1CCC(C)CC1. The van der Waals surface area contributed by atoms with Crippen LogP contribution in [0.1, 0.15) is 39.5 Å². The van der Waals surface area contributed by atoms with E-state index in [1.54, 1.807) is 0 Å². The minimum absolute atomic E-state index is 0.904. The Morgan fingerprint density at radius 1 is 1.10 bits per heavy atom. The summed E-state index contributed by atoms with van der Waals surface area (Å²) in [6.07, 6.45) is 10.3. The maximum Gasteiger partial charge on any atom is -0.0233 e. The molecule has 58 valence electrons. The predicted molar refractivity (Wildman–Crippen MR) is 45.9 cm³/mol. The molecule has 1 rings (SSSR count). The lowest BCUT2D eigenvalue weighted by Gasteiger charge is -2.23. The molecule has 0 aromatic rings. The Bertz CT molecular complexity index is 105. The van der Waals surface area contributed by atoms with E-state index in [4.69, 9.17) is 0 Å². The normalized spacial score (nSPS) is 35.0. The Morgan fingerprint density at radius 2 is 1.70 bits per heavy atom. The van der Waals surface area contributed by atoms with Gasteiger partial charge in [0.2, 0.25) is 0 Å². The molecular weight excluding hydrogens is 120 g/mol. The molecule has 0 N–H and O–H groups in total. The highest BCUT2D eigenvalue weighted by Crippen LogP contribution is 2.28. The Morgan fingerprint density at radius 3 is 2.20 bits per heavy atom. The quantitative estimate of drug-likeness (QED) is 0.487. The summed E-state index contributed by atoms with van der Waals surface area (Å²) in [6.45, 7) is 4.49. The molecule has 1 aliphatic carbocycles. The van der Waals surface area contributed by atoms with Gasteiger partial charge in [0.05, 0.1) is 0 Å². The summed E-state index contributed by atoms with van der Waals surface area (Å²) < 4.78 is 0. The van der Waals surface area contributed by atoms with Gasteiger partial charge in [0.1, 0.15) is 0 Å². The van der Waals surface area contributed by atoms with Gasteiger partial charge in [-0.1, -0.05) is 31.9 Å². The average Bonchev–Trinajstić information content (AvgIpc) is 1.95. The van der Waals surface area contributed by atoms with Crippen molar-refractivity contribution in [3.05, 3.63) is 12.2 Å². The van der Waals surface area contributed by atoms with Crippen molar-refractivity contribution in [2.24, 2.45) is 11.8 Å². The van der Waals surface area contributed by atoms with E-state index in [1.807, 2.05) is 0 Å². The van der Waals surface area contributed by atoms with Crippen molar-refractivity contribution in [2.75, 3.05) is 0 Å². The largest absolute Gasteiger partial charge is 0.0914 e. The zero-order chi connectivity index (χ0) is 7.40. The van der Waals surface area contributed by atoms with E-state index in [0.29, 0.717) is 0 Å². The number of rotatable bonds is 1. The van der Waals surface area contributed by atoms with Crippen molar-refractivity contribution < 1.29 is 0 Å². The third kappa shape index (κ3) is 2.17. The molecule has 0 saturated heterocycles. The predicted octanol–water partition coefficient (Wildman–Crippen LogP) is 3.39. The zero-order valence-electron chi connectivity index (χ0n) is 7.14. The Labute approximate surface area is 64.3 Å². The van der Waals surface area contributed by atoms with Gasteiger partial charge in [0.25, 0.3) is 0 Å². The van der Waals surface area contributed by atoms with Crippen LogP contribution in [0.3, 0.4) is 0 Å². The van der Waals surface area contributed by atoms with Crippen LogP contribution in [0, 0.1) is 11.8 Å². The summed E-state index contributed by atoms with van der Waals surface area (Å²) in [6, 6.07) is 0. The minimum Gasteiger partial charge on any atom is -0.0914 e. The Hall–Kier alpha value is -0.260. The molecular formula is C10H18. The van der Waals surface area contributed by atoms with Crippen LogP contribution >= 0.6 is 0 Å². The fourth-order valence-corrected chi connectivity index (χ4v) is 1.75. The summed E-state index contributed by atoms with van der Waals surface area (Å²) >= 11 is 0. The lowest BCUT2D eigenvalue weighted by Crippen LogP contribution is -2.09. The van der Waals surface area contributed by atoms with Crippen LogP contribution in [0.2, 0.25) is 0 Å². The highest BCUT2D eigenvalue weighted by Gasteiger charge is 2.14. The van der Waals surface area contributed by atoms with E-state index in [2.05, 4.69) is 26.0 Å². The molecule has 0 heterocycles. The van der Waals surface area contributed by atoms with Crippen LogP contribution < -0.4 is 0 Å². The van der Waals surface area contributed by atoms with Gasteiger partial charge in [-0.25, -0.2) is 0 Å². The molecule has 0 heteroatoms. The average molecular weight is 138 g/mol. The first-order chi connectivity index (χ1) is 4.83. The van der Waals surface area contributed by atoms with Crippen molar-refractivity contribution in [2.45, 2.75) is 39.5 Å². The van der Waals surface area contributed by atoms with Gasteiger partial charge in [-0.05, 0) is 31.6 Å². The maximum absolute atomic E-state index is 2.37. The molecule has 0 aromatic carbocycles.